The number of aryl methyl sites for hydroxylation is 3. The lowest BCUT2D eigenvalue weighted by molar-refractivity contribution is -0.131. The second kappa shape index (κ2) is 10.6. The van der Waals surface area contributed by atoms with Crippen molar-refractivity contribution in [3.63, 3.8) is 0 Å². The third kappa shape index (κ3) is 7.91. The number of hydrogen-bond donors (Lipinski definition) is 1. The minimum atomic E-state index is -0.211. The van der Waals surface area contributed by atoms with Gasteiger partial charge in [0, 0.05) is 13.2 Å². The van der Waals surface area contributed by atoms with Gasteiger partial charge in [-0.05, 0) is 62.7 Å². The Morgan fingerprint density at radius 2 is 1.69 bits per heavy atom. The van der Waals surface area contributed by atoms with Crippen molar-refractivity contribution < 1.29 is 14.3 Å². The lowest BCUT2D eigenvalue weighted by Gasteiger charge is -2.21. The van der Waals surface area contributed by atoms with Crippen LogP contribution in [0.1, 0.15) is 16.7 Å². The zero-order valence-electron chi connectivity index (χ0n) is 17.9. The number of anilines is 1. The zero-order valence-corrected chi connectivity index (χ0v) is 17.9. The van der Waals surface area contributed by atoms with Crippen LogP contribution in [0.3, 0.4) is 0 Å². The summed E-state index contributed by atoms with van der Waals surface area (Å²) >= 11 is 0. The first-order valence-electron chi connectivity index (χ1n) is 9.59. The average molecular weight is 399 g/mol. The van der Waals surface area contributed by atoms with Gasteiger partial charge in [0.05, 0.1) is 19.6 Å². The molecule has 0 fully saturated rings. The monoisotopic (exact) mass is 398 g/mol. The fourth-order valence-corrected chi connectivity index (χ4v) is 2.82. The summed E-state index contributed by atoms with van der Waals surface area (Å²) in [5.74, 6) is 1.03. The second-order valence-electron chi connectivity index (χ2n) is 7.43. The zero-order chi connectivity index (χ0) is 21.4. The Morgan fingerprint density at radius 3 is 2.31 bits per heavy atom. The van der Waals surface area contributed by atoms with Crippen LogP contribution in [0.15, 0.2) is 36.5 Å². The number of aromatic nitrogens is 1. The predicted molar refractivity (Wildman–Crippen MR) is 114 cm³/mol. The van der Waals surface area contributed by atoms with Crippen molar-refractivity contribution in [1.29, 1.82) is 0 Å². The van der Waals surface area contributed by atoms with Crippen LogP contribution in [0.4, 0.5) is 5.82 Å². The van der Waals surface area contributed by atoms with Crippen LogP contribution in [-0.2, 0) is 9.59 Å². The van der Waals surface area contributed by atoms with Crippen LogP contribution in [0.5, 0.6) is 5.75 Å². The lowest BCUT2D eigenvalue weighted by Crippen LogP contribution is -2.41. The number of amides is 2. The molecule has 7 nitrogen and oxygen atoms in total. The van der Waals surface area contributed by atoms with Gasteiger partial charge in [0.15, 0.2) is 0 Å². The lowest BCUT2D eigenvalue weighted by atomic mass is 10.1. The number of benzene rings is 1. The highest BCUT2D eigenvalue weighted by molar-refractivity contribution is 5.91. The molecule has 0 unspecified atom stereocenters. The van der Waals surface area contributed by atoms with Gasteiger partial charge in [0.2, 0.25) is 11.8 Å². The highest BCUT2D eigenvalue weighted by atomic mass is 16.5. The molecule has 7 heteroatoms. The number of likely N-dealkylation sites (N-methyl/N-ethyl adjacent to an activating group) is 2. The summed E-state index contributed by atoms with van der Waals surface area (Å²) < 4.78 is 5.75. The molecule has 2 aromatic rings. The number of nitrogens with zero attached hydrogens (tertiary/aromatic N) is 3. The van der Waals surface area contributed by atoms with Gasteiger partial charge in [-0.2, -0.15) is 0 Å². The van der Waals surface area contributed by atoms with E-state index >= 15 is 0 Å². The van der Waals surface area contributed by atoms with Crippen molar-refractivity contribution in [2.75, 3.05) is 45.7 Å². The first-order valence-corrected chi connectivity index (χ1v) is 9.59. The first-order chi connectivity index (χ1) is 13.7. The molecule has 1 aromatic carbocycles. The summed E-state index contributed by atoms with van der Waals surface area (Å²) in [6.45, 7) is 7.12. The summed E-state index contributed by atoms with van der Waals surface area (Å²) in [7, 11) is 3.47. The van der Waals surface area contributed by atoms with Crippen molar-refractivity contribution >= 4 is 17.6 Å². The Bertz CT molecular complexity index is 816. The van der Waals surface area contributed by atoms with E-state index in [9.17, 15) is 9.59 Å². The van der Waals surface area contributed by atoms with Gasteiger partial charge in [-0.3, -0.25) is 14.5 Å². The minimum absolute atomic E-state index is 0.0715. The van der Waals surface area contributed by atoms with Crippen molar-refractivity contribution in [2.45, 2.75) is 20.8 Å². The number of nitrogens with one attached hydrogen (secondary N) is 1. The van der Waals surface area contributed by atoms with E-state index in [1.54, 1.807) is 36.2 Å². The summed E-state index contributed by atoms with van der Waals surface area (Å²) in [6, 6.07) is 9.67. The minimum Gasteiger partial charge on any atom is -0.492 e. The van der Waals surface area contributed by atoms with Crippen molar-refractivity contribution in [3.05, 3.63) is 53.2 Å². The molecular weight excluding hydrogens is 368 g/mol. The molecule has 29 heavy (non-hydrogen) atoms. The number of carbonyl (C=O) groups excluding carboxylic acids is 2. The maximum absolute atomic E-state index is 12.4. The van der Waals surface area contributed by atoms with E-state index in [0.717, 1.165) is 22.4 Å². The second-order valence-corrected chi connectivity index (χ2v) is 7.43. The maximum atomic E-state index is 12.4. The van der Waals surface area contributed by atoms with E-state index in [2.05, 4.69) is 16.4 Å². The van der Waals surface area contributed by atoms with Gasteiger partial charge >= 0.3 is 0 Å². The van der Waals surface area contributed by atoms with Gasteiger partial charge in [-0.15, -0.1) is 0 Å². The largest absolute Gasteiger partial charge is 0.492 e. The smallest absolute Gasteiger partial charge is 0.239 e. The van der Waals surface area contributed by atoms with E-state index in [-0.39, 0.29) is 24.9 Å². The molecule has 1 N–H and O–H groups in total. The van der Waals surface area contributed by atoms with E-state index in [1.165, 1.54) is 0 Å². The predicted octanol–water partition coefficient (Wildman–Crippen LogP) is 2.41. The SMILES string of the molecule is Cc1ccc(NC(=O)CN(C)CC(=O)N(C)CCOc2cc(C)cc(C)c2)nc1. The molecule has 2 rings (SSSR count). The van der Waals surface area contributed by atoms with E-state index < -0.39 is 0 Å². The highest BCUT2D eigenvalue weighted by Crippen LogP contribution is 2.16. The van der Waals surface area contributed by atoms with Crippen molar-refractivity contribution in [2.24, 2.45) is 0 Å². The molecular formula is C22H30N4O3. The molecule has 0 aliphatic rings. The Morgan fingerprint density at radius 1 is 1.00 bits per heavy atom. The van der Waals surface area contributed by atoms with Crippen molar-refractivity contribution in [1.82, 2.24) is 14.8 Å². The molecule has 0 saturated heterocycles. The summed E-state index contributed by atoms with van der Waals surface area (Å²) in [5, 5.41) is 2.73. The van der Waals surface area contributed by atoms with Crippen LogP contribution in [0, 0.1) is 20.8 Å². The number of carbonyl (C=O) groups is 2. The Kier molecular flexibility index (Phi) is 8.15. The standard InChI is InChI=1S/C22H30N4O3/c1-16-6-7-20(23-13-16)24-21(27)14-25(4)15-22(28)26(5)8-9-29-19-11-17(2)10-18(3)12-19/h6-7,10-13H,8-9,14-15H2,1-5H3,(H,23,24,27). The summed E-state index contributed by atoms with van der Waals surface area (Å²) in [4.78, 5) is 31.9. The molecule has 0 bridgehead atoms. The molecule has 1 heterocycles. The average Bonchev–Trinajstić information content (AvgIpc) is 2.62. The number of ether oxygens (including phenoxy) is 1. The Labute approximate surface area is 172 Å². The molecule has 2 amide bonds. The van der Waals surface area contributed by atoms with Gasteiger partial charge in [0.25, 0.3) is 0 Å². The third-order valence-electron chi connectivity index (χ3n) is 4.31. The fourth-order valence-electron chi connectivity index (χ4n) is 2.82. The highest BCUT2D eigenvalue weighted by Gasteiger charge is 2.14. The maximum Gasteiger partial charge on any atom is 0.239 e. The quantitative estimate of drug-likeness (QED) is 0.702. The molecule has 0 spiro atoms. The Balaban J connectivity index is 1.71. The molecule has 156 valence electrons. The van der Waals surface area contributed by atoms with Crippen LogP contribution in [0.25, 0.3) is 0 Å². The van der Waals surface area contributed by atoms with Crippen LogP contribution >= 0.6 is 0 Å². The van der Waals surface area contributed by atoms with E-state index in [4.69, 9.17) is 4.74 Å². The summed E-state index contributed by atoms with van der Waals surface area (Å²) in [5.41, 5.74) is 3.31. The van der Waals surface area contributed by atoms with Crippen LogP contribution < -0.4 is 10.1 Å². The molecule has 0 atom stereocenters. The van der Waals surface area contributed by atoms with Crippen LogP contribution in [-0.4, -0.2) is 66.9 Å². The normalized spacial score (nSPS) is 10.7. The van der Waals surface area contributed by atoms with E-state index in [0.29, 0.717) is 19.0 Å². The topological polar surface area (TPSA) is 74.8 Å². The molecule has 1 aromatic heterocycles. The van der Waals surface area contributed by atoms with Crippen molar-refractivity contribution in [3.8, 4) is 5.75 Å². The number of pyridine rings is 1. The van der Waals surface area contributed by atoms with Crippen LogP contribution in [0.2, 0.25) is 0 Å². The Hall–Kier alpha value is -2.93. The van der Waals surface area contributed by atoms with Gasteiger partial charge in [0.1, 0.15) is 18.2 Å². The third-order valence-corrected chi connectivity index (χ3v) is 4.31. The number of hydrogen-bond acceptors (Lipinski definition) is 5. The fraction of sp³-hybridized carbons (Fsp3) is 0.409. The number of rotatable bonds is 9. The van der Waals surface area contributed by atoms with E-state index in [1.807, 2.05) is 39.0 Å². The van der Waals surface area contributed by atoms with Gasteiger partial charge < -0.3 is 15.0 Å². The van der Waals surface area contributed by atoms with Gasteiger partial charge in [-0.1, -0.05) is 12.1 Å². The summed E-state index contributed by atoms with van der Waals surface area (Å²) in [6.07, 6.45) is 1.69. The molecule has 0 radical (unpaired) electrons. The molecule has 0 aliphatic carbocycles. The first kappa shape index (κ1) is 22.4. The molecule has 0 aliphatic heterocycles. The van der Waals surface area contributed by atoms with Gasteiger partial charge in [-0.25, -0.2) is 4.98 Å². The molecule has 0 saturated carbocycles.